The van der Waals surface area contributed by atoms with Crippen molar-refractivity contribution in [1.82, 2.24) is 4.98 Å². The van der Waals surface area contributed by atoms with E-state index in [1.165, 1.54) is 22.2 Å². The summed E-state index contributed by atoms with van der Waals surface area (Å²) in [6.45, 7) is 2.39. The number of para-hydroxylation sites is 1. The Morgan fingerprint density at radius 2 is 1.66 bits per heavy atom. The van der Waals surface area contributed by atoms with Crippen LogP contribution < -0.4 is 19.2 Å². The Kier molecular flexibility index (Phi) is 6.33. The van der Waals surface area contributed by atoms with Gasteiger partial charge in [-0.2, -0.15) is 0 Å². The number of thioether (sulfide) groups is 1. The number of methoxy groups -OCH3 is 1. The monoisotopic (exact) mass is 544 g/mol. The van der Waals surface area contributed by atoms with Crippen LogP contribution >= 0.6 is 23.1 Å². The van der Waals surface area contributed by atoms with E-state index in [0.29, 0.717) is 28.8 Å². The molecule has 6 rings (SSSR count). The van der Waals surface area contributed by atoms with Crippen molar-refractivity contribution in [3.8, 4) is 11.5 Å². The molecule has 2 aliphatic heterocycles. The normalized spacial score (nSPS) is 20.3. The Hall–Kier alpha value is -3.82. The van der Waals surface area contributed by atoms with E-state index < -0.39 is 17.1 Å². The lowest BCUT2D eigenvalue weighted by Crippen LogP contribution is -2.32. The number of carbonyl (C=O) groups excluding carboxylic acids is 2. The van der Waals surface area contributed by atoms with Gasteiger partial charge in [-0.3, -0.25) is 14.4 Å². The molecule has 7 nitrogen and oxygen atoms in total. The van der Waals surface area contributed by atoms with Gasteiger partial charge in [0, 0.05) is 16.4 Å². The fourth-order valence-corrected chi connectivity index (χ4v) is 7.56. The van der Waals surface area contributed by atoms with Crippen molar-refractivity contribution < 1.29 is 19.1 Å². The first-order chi connectivity index (χ1) is 18.4. The van der Waals surface area contributed by atoms with Gasteiger partial charge >= 0.3 is 4.87 Å². The zero-order valence-corrected chi connectivity index (χ0v) is 22.3. The molecule has 0 aliphatic carbocycles. The number of hydrogen-bond donors (Lipinski definition) is 1. The van der Waals surface area contributed by atoms with Gasteiger partial charge in [0.15, 0.2) is 0 Å². The average molecular weight is 545 g/mol. The minimum atomic E-state index is -0.683. The van der Waals surface area contributed by atoms with Gasteiger partial charge in [-0.1, -0.05) is 71.1 Å². The lowest BCUT2D eigenvalue weighted by molar-refractivity contribution is -0.122. The molecular formula is C29H24N2O5S2. The smallest absolute Gasteiger partial charge is 0.305 e. The molecule has 38 heavy (non-hydrogen) atoms. The standard InChI is InChI=1S/C29H24N2O5S2/c1-16-7-9-17(10-8-16)15-36-21-6-4-3-5-20(21)22-23-25(37-26-24(22)38-29(34)30-26)28(33)31(27(23)32)18-11-13-19(35-2)14-12-18/h3-14,22-23,25H,15H2,1-2H3,(H,30,34)/t22-,23?,25?/m1/s1. The van der Waals surface area contributed by atoms with E-state index in [4.69, 9.17) is 9.47 Å². The van der Waals surface area contributed by atoms with Gasteiger partial charge in [0.1, 0.15) is 23.4 Å². The number of H-pyrrole nitrogens is 1. The first-order valence-corrected chi connectivity index (χ1v) is 13.8. The number of aromatic amines is 1. The molecule has 9 heteroatoms. The van der Waals surface area contributed by atoms with E-state index in [2.05, 4.69) is 4.98 Å². The highest BCUT2D eigenvalue weighted by Gasteiger charge is 2.56. The van der Waals surface area contributed by atoms with Crippen LogP contribution in [0.1, 0.15) is 27.5 Å². The number of anilines is 1. The average Bonchev–Trinajstić information content (AvgIpc) is 3.43. The molecule has 1 saturated heterocycles. The number of aryl methyl sites for hydroxylation is 1. The van der Waals surface area contributed by atoms with Gasteiger partial charge in [0.25, 0.3) is 0 Å². The van der Waals surface area contributed by atoms with Crippen molar-refractivity contribution >= 4 is 40.6 Å². The number of hydrogen-bond acceptors (Lipinski definition) is 7. The third-order valence-corrected chi connectivity index (χ3v) is 9.32. The second-order valence-corrected chi connectivity index (χ2v) is 11.4. The predicted molar refractivity (Wildman–Crippen MR) is 147 cm³/mol. The van der Waals surface area contributed by atoms with Crippen LogP contribution in [0.4, 0.5) is 5.69 Å². The van der Waals surface area contributed by atoms with Crippen molar-refractivity contribution in [2.24, 2.45) is 5.92 Å². The molecule has 192 valence electrons. The third kappa shape index (κ3) is 4.21. The maximum absolute atomic E-state index is 14.0. The summed E-state index contributed by atoms with van der Waals surface area (Å²) in [6.07, 6.45) is 0. The highest BCUT2D eigenvalue weighted by molar-refractivity contribution is 8.00. The molecule has 3 atom stereocenters. The molecule has 1 N–H and O–H groups in total. The number of nitrogens with zero attached hydrogens (tertiary/aromatic N) is 1. The van der Waals surface area contributed by atoms with Crippen LogP contribution in [0.3, 0.4) is 0 Å². The summed E-state index contributed by atoms with van der Waals surface area (Å²) in [5.41, 5.74) is 3.47. The van der Waals surface area contributed by atoms with E-state index in [1.54, 1.807) is 31.4 Å². The number of ether oxygens (including phenoxy) is 2. The Bertz CT molecular complexity index is 1580. The maximum atomic E-state index is 14.0. The minimum absolute atomic E-state index is 0.211. The van der Waals surface area contributed by atoms with Gasteiger partial charge in [0.2, 0.25) is 11.8 Å². The van der Waals surface area contributed by atoms with E-state index in [0.717, 1.165) is 27.3 Å². The molecule has 0 saturated carbocycles. The fourth-order valence-electron chi connectivity index (χ4n) is 5.05. The topological polar surface area (TPSA) is 88.7 Å². The molecule has 3 heterocycles. The van der Waals surface area contributed by atoms with Crippen molar-refractivity contribution in [1.29, 1.82) is 0 Å². The molecular weight excluding hydrogens is 520 g/mol. The largest absolute Gasteiger partial charge is 0.497 e. The van der Waals surface area contributed by atoms with Gasteiger partial charge < -0.3 is 14.5 Å². The number of nitrogens with one attached hydrogen (secondary N) is 1. The van der Waals surface area contributed by atoms with Gasteiger partial charge in [-0.05, 0) is 42.8 Å². The summed E-state index contributed by atoms with van der Waals surface area (Å²) in [7, 11) is 1.56. The zero-order valence-electron chi connectivity index (χ0n) is 20.7. The number of amides is 2. The van der Waals surface area contributed by atoms with Gasteiger partial charge in [-0.25, -0.2) is 4.90 Å². The van der Waals surface area contributed by atoms with Crippen LogP contribution in [-0.4, -0.2) is 29.2 Å². The Balaban J connectivity index is 1.40. The number of rotatable bonds is 6. The number of carbonyl (C=O) groups is 2. The lowest BCUT2D eigenvalue weighted by Gasteiger charge is -2.30. The first kappa shape index (κ1) is 24.5. The fraction of sp³-hybridized carbons (Fsp3) is 0.207. The molecule has 0 radical (unpaired) electrons. The third-order valence-electron chi connectivity index (χ3n) is 6.92. The number of thiazole rings is 1. The number of aromatic nitrogens is 1. The number of imide groups is 1. The molecule has 2 amide bonds. The van der Waals surface area contributed by atoms with Crippen LogP contribution in [0, 0.1) is 12.8 Å². The highest BCUT2D eigenvalue weighted by Crippen LogP contribution is 2.54. The Labute approximate surface area is 227 Å². The lowest BCUT2D eigenvalue weighted by atomic mass is 9.82. The van der Waals surface area contributed by atoms with Gasteiger partial charge in [0.05, 0.1) is 23.7 Å². The molecule has 2 unspecified atom stereocenters. The molecule has 4 aromatic rings. The number of fused-ring (bicyclic) bond motifs is 2. The van der Waals surface area contributed by atoms with Gasteiger partial charge in [-0.15, -0.1) is 0 Å². The molecule has 3 aromatic carbocycles. The molecule has 1 fully saturated rings. The van der Waals surface area contributed by atoms with Crippen LogP contribution in [0.25, 0.3) is 0 Å². The van der Waals surface area contributed by atoms with Crippen molar-refractivity contribution in [3.63, 3.8) is 0 Å². The maximum Gasteiger partial charge on any atom is 0.305 e. The molecule has 2 aliphatic rings. The van der Waals surface area contributed by atoms with Crippen LogP contribution in [0.15, 0.2) is 82.6 Å². The van der Waals surface area contributed by atoms with Crippen molar-refractivity contribution in [3.05, 3.63) is 104 Å². The predicted octanol–water partition coefficient (Wildman–Crippen LogP) is 5.13. The quantitative estimate of drug-likeness (QED) is 0.339. The number of benzene rings is 3. The summed E-state index contributed by atoms with van der Waals surface area (Å²) in [5, 5.41) is -0.0326. The van der Waals surface area contributed by atoms with E-state index >= 15 is 0 Å². The minimum Gasteiger partial charge on any atom is -0.497 e. The second-order valence-electron chi connectivity index (χ2n) is 9.27. The zero-order chi connectivity index (χ0) is 26.4. The van der Waals surface area contributed by atoms with E-state index in [9.17, 15) is 14.4 Å². The molecule has 1 aromatic heterocycles. The second kappa shape index (κ2) is 9.81. The van der Waals surface area contributed by atoms with E-state index in [-0.39, 0.29) is 16.7 Å². The summed E-state index contributed by atoms with van der Waals surface area (Å²) in [5.74, 6) is -0.513. The van der Waals surface area contributed by atoms with Crippen LogP contribution in [0.2, 0.25) is 0 Å². The van der Waals surface area contributed by atoms with Crippen LogP contribution in [-0.2, 0) is 16.2 Å². The summed E-state index contributed by atoms with van der Waals surface area (Å²) >= 11 is 2.35. The first-order valence-electron chi connectivity index (χ1n) is 12.1. The highest BCUT2D eigenvalue weighted by atomic mass is 32.2. The van der Waals surface area contributed by atoms with Crippen molar-refractivity contribution in [2.45, 2.75) is 29.7 Å². The summed E-state index contributed by atoms with van der Waals surface area (Å²) < 4.78 is 11.5. The van der Waals surface area contributed by atoms with Crippen molar-refractivity contribution in [2.75, 3.05) is 12.0 Å². The summed E-state index contributed by atoms with van der Waals surface area (Å²) in [4.78, 5) is 44.7. The summed E-state index contributed by atoms with van der Waals surface area (Å²) in [6, 6.07) is 22.6. The Morgan fingerprint density at radius 3 is 2.39 bits per heavy atom. The molecule has 0 spiro atoms. The van der Waals surface area contributed by atoms with Crippen LogP contribution in [0.5, 0.6) is 11.5 Å². The Morgan fingerprint density at radius 1 is 0.921 bits per heavy atom. The SMILES string of the molecule is COc1ccc(N2C(=O)C3Sc4[nH]c(=O)sc4[C@H](c4ccccc4OCc4ccc(C)cc4)C3C2=O)cc1. The van der Waals surface area contributed by atoms with E-state index in [1.807, 2.05) is 55.5 Å². The molecule has 0 bridgehead atoms.